The van der Waals surface area contributed by atoms with Crippen LogP contribution in [0.1, 0.15) is 17.3 Å². The van der Waals surface area contributed by atoms with Crippen LogP contribution in [0.4, 0.5) is 4.79 Å². The lowest BCUT2D eigenvalue weighted by Crippen LogP contribution is -2.45. The molecule has 1 aromatic rings. The van der Waals surface area contributed by atoms with Crippen LogP contribution in [-0.4, -0.2) is 48.8 Å². The molecule has 1 heterocycles. The minimum Gasteiger partial charge on any atom is -0.479 e. The molecule has 1 atom stereocenters. The van der Waals surface area contributed by atoms with Crippen molar-refractivity contribution < 1.29 is 19.4 Å². The predicted molar refractivity (Wildman–Crippen MR) is 76.9 cm³/mol. The first-order chi connectivity index (χ1) is 10.1. The third-order valence-corrected chi connectivity index (χ3v) is 3.63. The lowest BCUT2D eigenvalue weighted by Gasteiger charge is -2.23. The Bertz CT molecular complexity index is 498. The molecule has 0 spiro atoms. The average molecular weight is 311 g/mol. The van der Waals surface area contributed by atoms with Crippen molar-refractivity contribution in [1.82, 2.24) is 10.2 Å². The Morgan fingerprint density at radius 1 is 1.57 bits per heavy atom. The largest absolute Gasteiger partial charge is 0.479 e. The van der Waals surface area contributed by atoms with E-state index >= 15 is 0 Å². The zero-order valence-corrected chi connectivity index (χ0v) is 12.4. The summed E-state index contributed by atoms with van der Waals surface area (Å²) in [6.07, 6.45) is 0.174. The fourth-order valence-corrected chi connectivity index (χ4v) is 2.39. The van der Waals surface area contributed by atoms with Crippen molar-refractivity contribution in [3.8, 4) is 6.07 Å². The summed E-state index contributed by atoms with van der Waals surface area (Å²) in [5.74, 6) is -1.13. The summed E-state index contributed by atoms with van der Waals surface area (Å²) in [4.78, 5) is 25.4. The number of carbonyl (C=O) groups excluding carboxylic acids is 1. The number of thiophene rings is 1. The van der Waals surface area contributed by atoms with Crippen LogP contribution in [0.3, 0.4) is 0 Å². The normalized spacial score (nSPS) is 11.4. The summed E-state index contributed by atoms with van der Waals surface area (Å²) in [5.41, 5.74) is 0. The van der Waals surface area contributed by atoms with Crippen molar-refractivity contribution in [2.24, 2.45) is 0 Å². The molecule has 0 aliphatic rings. The van der Waals surface area contributed by atoms with E-state index < -0.39 is 18.0 Å². The SMILES string of the molecule is COCCN(CCC#N)C(=O)NC(C(=O)O)c1cccs1. The van der Waals surface area contributed by atoms with Gasteiger partial charge >= 0.3 is 12.0 Å². The molecule has 0 aromatic carbocycles. The number of ether oxygens (including phenoxy) is 1. The highest BCUT2D eigenvalue weighted by Gasteiger charge is 2.25. The van der Waals surface area contributed by atoms with Crippen LogP contribution >= 0.6 is 11.3 Å². The summed E-state index contributed by atoms with van der Waals surface area (Å²) in [6.45, 7) is 0.832. The van der Waals surface area contributed by atoms with Crippen LogP contribution in [-0.2, 0) is 9.53 Å². The first-order valence-electron chi connectivity index (χ1n) is 6.27. The quantitative estimate of drug-likeness (QED) is 0.756. The fourth-order valence-electron chi connectivity index (χ4n) is 1.63. The lowest BCUT2D eigenvalue weighted by molar-refractivity contribution is -0.139. The van der Waals surface area contributed by atoms with E-state index in [9.17, 15) is 14.7 Å². The fraction of sp³-hybridized carbons (Fsp3) is 0.462. The van der Waals surface area contributed by atoms with Crippen LogP contribution in [0.5, 0.6) is 0 Å². The van der Waals surface area contributed by atoms with Gasteiger partial charge in [0.2, 0.25) is 0 Å². The number of hydrogen-bond acceptors (Lipinski definition) is 5. The number of nitrogens with zero attached hydrogens (tertiary/aromatic N) is 2. The Balaban J connectivity index is 2.73. The molecule has 1 aromatic heterocycles. The van der Waals surface area contributed by atoms with Crippen LogP contribution < -0.4 is 5.32 Å². The first kappa shape index (κ1) is 16.9. The maximum atomic E-state index is 12.2. The minimum absolute atomic E-state index is 0.174. The number of carbonyl (C=O) groups is 2. The lowest BCUT2D eigenvalue weighted by atomic mass is 10.2. The monoisotopic (exact) mass is 311 g/mol. The highest BCUT2D eigenvalue weighted by molar-refractivity contribution is 7.10. The van der Waals surface area contributed by atoms with E-state index in [4.69, 9.17) is 10.00 Å². The number of nitriles is 1. The van der Waals surface area contributed by atoms with Gasteiger partial charge in [0.05, 0.1) is 19.1 Å². The van der Waals surface area contributed by atoms with Gasteiger partial charge in [-0.25, -0.2) is 9.59 Å². The molecule has 2 N–H and O–H groups in total. The summed E-state index contributed by atoms with van der Waals surface area (Å²) < 4.78 is 4.91. The van der Waals surface area contributed by atoms with Crippen LogP contribution in [0.25, 0.3) is 0 Å². The van der Waals surface area contributed by atoms with E-state index in [1.165, 1.54) is 23.3 Å². The van der Waals surface area contributed by atoms with Gasteiger partial charge in [-0.15, -0.1) is 11.3 Å². The molecular formula is C13H17N3O4S. The number of nitrogens with one attached hydrogen (secondary N) is 1. The van der Waals surface area contributed by atoms with Crippen molar-refractivity contribution >= 4 is 23.3 Å². The maximum absolute atomic E-state index is 12.2. The van der Waals surface area contributed by atoms with Crippen molar-refractivity contribution in [3.05, 3.63) is 22.4 Å². The summed E-state index contributed by atoms with van der Waals surface area (Å²) in [6, 6.07) is 3.71. The highest BCUT2D eigenvalue weighted by atomic mass is 32.1. The number of methoxy groups -OCH3 is 1. The minimum atomic E-state index is -1.13. The standard InChI is InChI=1S/C13H17N3O4S/c1-20-8-7-16(6-3-5-14)13(19)15-11(12(17)18)10-4-2-9-21-10/h2,4,9,11H,3,6-8H2,1H3,(H,15,19)(H,17,18). The number of rotatable bonds is 8. The van der Waals surface area contributed by atoms with E-state index in [-0.39, 0.29) is 13.0 Å². The molecule has 114 valence electrons. The van der Waals surface area contributed by atoms with Crippen molar-refractivity contribution in [3.63, 3.8) is 0 Å². The molecule has 8 heteroatoms. The third kappa shape index (κ3) is 5.41. The second-order valence-electron chi connectivity index (χ2n) is 4.12. The smallest absolute Gasteiger partial charge is 0.331 e. The Labute approximate surface area is 126 Å². The number of carboxylic acids is 1. The summed E-state index contributed by atoms with van der Waals surface area (Å²) >= 11 is 1.26. The number of urea groups is 1. The van der Waals surface area contributed by atoms with Crippen LogP contribution in [0, 0.1) is 11.3 Å². The molecule has 0 aliphatic heterocycles. The Kier molecular flexibility index (Phi) is 7.21. The molecule has 0 aliphatic carbocycles. The topological polar surface area (TPSA) is 103 Å². The van der Waals surface area contributed by atoms with Gasteiger partial charge in [-0.1, -0.05) is 6.07 Å². The third-order valence-electron chi connectivity index (χ3n) is 2.69. The van der Waals surface area contributed by atoms with Crippen LogP contribution in [0.15, 0.2) is 17.5 Å². The molecule has 7 nitrogen and oxygen atoms in total. The Morgan fingerprint density at radius 3 is 2.86 bits per heavy atom. The number of hydrogen-bond donors (Lipinski definition) is 2. The van der Waals surface area contributed by atoms with Gasteiger partial charge < -0.3 is 20.1 Å². The molecule has 2 amide bonds. The Morgan fingerprint density at radius 2 is 2.33 bits per heavy atom. The zero-order chi connectivity index (χ0) is 15.7. The molecular weight excluding hydrogens is 294 g/mol. The molecule has 1 rings (SSSR count). The van der Waals surface area contributed by atoms with E-state index in [1.54, 1.807) is 17.5 Å². The van der Waals surface area contributed by atoms with E-state index in [1.807, 2.05) is 6.07 Å². The van der Waals surface area contributed by atoms with Crippen molar-refractivity contribution in [2.45, 2.75) is 12.5 Å². The highest BCUT2D eigenvalue weighted by Crippen LogP contribution is 2.19. The molecule has 0 bridgehead atoms. The number of amides is 2. The van der Waals surface area contributed by atoms with Gasteiger partial charge in [-0.2, -0.15) is 5.26 Å². The predicted octanol–water partition coefficient (Wildman–Crippen LogP) is 1.45. The van der Waals surface area contributed by atoms with E-state index in [0.29, 0.717) is 18.0 Å². The number of carboxylic acid groups (broad SMARTS) is 1. The molecule has 1 unspecified atom stereocenters. The van der Waals surface area contributed by atoms with E-state index in [0.717, 1.165) is 0 Å². The second kappa shape index (κ2) is 8.94. The van der Waals surface area contributed by atoms with Gasteiger partial charge in [0.15, 0.2) is 6.04 Å². The van der Waals surface area contributed by atoms with Crippen molar-refractivity contribution in [1.29, 1.82) is 5.26 Å². The first-order valence-corrected chi connectivity index (χ1v) is 7.15. The Hall–Kier alpha value is -2.11. The molecule has 21 heavy (non-hydrogen) atoms. The second-order valence-corrected chi connectivity index (χ2v) is 5.10. The average Bonchev–Trinajstić information content (AvgIpc) is 2.98. The molecule has 0 saturated carbocycles. The van der Waals surface area contributed by atoms with Crippen molar-refractivity contribution in [2.75, 3.05) is 26.8 Å². The maximum Gasteiger partial charge on any atom is 0.331 e. The summed E-state index contributed by atoms with van der Waals surface area (Å²) in [7, 11) is 1.51. The summed E-state index contributed by atoms with van der Waals surface area (Å²) in [5, 5.41) is 22.1. The van der Waals surface area contributed by atoms with Gasteiger partial charge in [-0.05, 0) is 11.4 Å². The van der Waals surface area contributed by atoms with Gasteiger partial charge in [0.25, 0.3) is 0 Å². The van der Waals surface area contributed by atoms with Gasteiger partial charge in [0, 0.05) is 25.1 Å². The van der Waals surface area contributed by atoms with Crippen LogP contribution in [0.2, 0.25) is 0 Å². The molecule has 0 radical (unpaired) electrons. The zero-order valence-electron chi connectivity index (χ0n) is 11.6. The van der Waals surface area contributed by atoms with Gasteiger partial charge in [-0.3, -0.25) is 0 Å². The van der Waals surface area contributed by atoms with Gasteiger partial charge in [0.1, 0.15) is 0 Å². The van der Waals surface area contributed by atoms with E-state index in [2.05, 4.69) is 5.32 Å². The molecule has 0 saturated heterocycles. The number of aliphatic carboxylic acids is 1. The molecule has 0 fully saturated rings.